The average molecular weight is 289 g/mol. The van der Waals surface area contributed by atoms with Crippen LogP contribution in [0.15, 0.2) is 30.3 Å². The van der Waals surface area contributed by atoms with E-state index in [1.54, 1.807) is 0 Å². The van der Waals surface area contributed by atoms with E-state index in [9.17, 15) is 4.79 Å². The maximum atomic E-state index is 12.1. The number of carbonyl (C=O) groups is 1. The van der Waals surface area contributed by atoms with Gasteiger partial charge < -0.3 is 21.3 Å². The summed E-state index contributed by atoms with van der Waals surface area (Å²) in [6.45, 7) is 2.09. The molecule has 5 N–H and O–H groups in total. The Morgan fingerprint density at radius 2 is 1.95 bits per heavy atom. The second kappa shape index (κ2) is 6.58. The van der Waals surface area contributed by atoms with Crippen LogP contribution < -0.4 is 16.4 Å². The SMILES string of the molecule is CN1CCC(NC(=O)NCc2ccccc2)(C(=N)N)CC1. The Hall–Kier alpha value is -2.08. The van der Waals surface area contributed by atoms with E-state index in [0.29, 0.717) is 19.4 Å². The smallest absolute Gasteiger partial charge is 0.315 e. The monoisotopic (exact) mass is 289 g/mol. The van der Waals surface area contributed by atoms with E-state index in [1.165, 1.54) is 0 Å². The van der Waals surface area contributed by atoms with Crippen LogP contribution >= 0.6 is 0 Å². The summed E-state index contributed by atoms with van der Waals surface area (Å²) in [5.41, 5.74) is 6.05. The molecule has 0 spiro atoms. The lowest BCUT2D eigenvalue weighted by Crippen LogP contribution is -2.63. The minimum Gasteiger partial charge on any atom is -0.386 e. The van der Waals surface area contributed by atoms with Gasteiger partial charge in [0, 0.05) is 19.6 Å². The number of nitrogens with one attached hydrogen (secondary N) is 3. The Labute approximate surface area is 125 Å². The number of nitrogens with zero attached hydrogens (tertiary/aromatic N) is 1. The molecule has 1 heterocycles. The minimum absolute atomic E-state index is 0.0328. The Morgan fingerprint density at radius 3 is 2.52 bits per heavy atom. The zero-order valence-electron chi connectivity index (χ0n) is 12.4. The molecule has 0 unspecified atom stereocenters. The topological polar surface area (TPSA) is 94.2 Å². The fourth-order valence-corrected chi connectivity index (χ4v) is 2.50. The quantitative estimate of drug-likeness (QED) is 0.490. The summed E-state index contributed by atoms with van der Waals surface area (Å²) in [6, 6.07) is 9.44. The summed E-state index contributed by atoms with van der Waals surface area (Å²) >= 11 is 0. The number of amides is 2. The summed E-state index contributed by atoms with van der Waals surface area (Å²) in [7, 11) is 2.03. The van der Waals surface area contributed by atoms with Gasteiger partial charge in [0.15, 0.2) is 0 Å². The van der Waals surface area contributed by atoms with Gasteiger partial charge in [-0.05, 0) is 25.5 Å². The van der Waals surface area contributed by atoms with E-state index in [-0.39, 0.29) is 11.9 Å². The van der Waals surface area contributed by atoms with Crippen molar-refractivity contribution < 1.29 is 4.79 Å². The molecule has 0 aliphatic carbocycles. The average Bonchev–Trinajstić information content (AvgIpc) is 2.48. The first kappa shape index (κ1) is 15.3. The maximum Gasteiger partial charge on any atom is 0.315 e. The minimum atomic E-state index is -0.715. The maximum absolute atomic E-state index is 12.1. The number of hydrogen-bond acceptors (Lipinski definition) is 3. The van der Waals surface area contributed by atoms with Crippen LogP contribution in [0.4, 0.5) is 4.79 Å². The summed E-state index contributed by atoms with van der Waals surface area (Å²) in [4.78, 5) is 14.3. The van der Waals surface area contributed by atoms with Gasteiger partial charge in [0.05, 0.1) is 0 Å². The standard InChI is InChI=1S/C15H23N5O/c1-20-9-7-15(8-10-20,13(16)17)19-14(21)18-11-12-5-3-2-4-6-12/h2-6H,7-11H2,1H3,(H3,16,17)(H2,18,19,21). The molecule has 0 bridgehead atoms. The van der Waals surface area contributed by atoms with Gasteiger partial charge in [-0.1, -0.05) is 30.3 Å². The second-order valence-electron chi connectivity index (χ2n) is 5.59. The van der Waals surface area contributed by atoms with E-state index < -0.39 is 5.54 Å². The second-order valence-corrected chi connectivity index (χ2v) is 5.59. The van der Waals surface area contributed by atoms with Gasteiger partial charge in [0.25, 0.3) is 0 Å². The number of rotatable bonds is 4. The predicted octanol–water partition coefficient (Wildman–Crippen LogP) is 0.886. The van der Waals surface area contributed by atoms with Gasteiger partial charge in [-0.25, -0.2) is 4.79 Å². The van der Waals surface area contributed by atoms with Crippen molar-refractivity contribution in [2.45, 2.75) is 24.9 Å². The largest absolute Gasteiger partial charge is 0.386 e. The van der Waals surface area contributed by atoms with Crippen LogP contribution in [0.5, 0.6) is 0 Å². The number of urea groups is 1. The first-order valence-corrected chi connectivity index (χ1v) is 7.15. The first-order chi connectivity index (χ1) is 10.0. The van der Waals surface area contributed by atoms with Crippen molar-refractivity contribution in [1.29, 1.82) is 5.41 Å². The van der Waals surface area contributed by atoms with E-state index in [1.807, 2.05) is 37.4 Å². The van der Waals surface area contributed by atoms with Gasteiger partial charge in [0.1, 0.15) is 11.4 Å². The Bertz CT molecular complexity index is 494. The van der Waals surface area contributed by atoms with Crippen molar-refractivity contribution >= 4 is 11.9 Å². The highest BCUT2D eigenvalue weighted by atomic mass is 16.2. The molecule has 1 aliphatic heterocycles. The Morgan fingerprint density at radius 1 is 1.33 bits per heavy atom. The van der Waals surface area contributed by atoms with E-state index in [0.717, 1.165) is 18.7 Å². The fourth-order valence-electron chi connectivity index (χ4n) is 2.50. The molecule has 0 aromatic heterocycles. The zero-order valence-corrected chi connectivity index (χ0v) is 12.4. The van der Waals surface area contributed by atoms with Crippen molar-refractivity contribution in [3.05, 3.63) is 35.9 Å². The van der Waals surface area contributed by atoms with Crippen LogP contribution in [0, 0.1) is 5.41 Å². The van der Waals surface area contributed by atoms with E-state index in [4.69, 9.17) is 11.1 Å². The lowest BCUT2D eigenvalue weighted by Gasteiger charge is -2.40. The third-order valence-electron chi connectivity index (χ3n) is 4.00. The third-order valence-corrected chi connectivity index (χ3v) is 4.00. The molecule has 2 rings (SSSR count). The lowest BCUT2D eigenvalue weighted by atomic mass is 9.86. The molecular formula is C15H23N5O. The molecule has 0 atom stereocenters. The van der Waals surface area contributed by atoms with Crippen molar-refractivity contribution in [2.24, 2.45) is 5.73 Å². The predicted molar refractivity (Wildman–Crippen MR) is 83.2 cm³/mol. The van der Waals surface area contributed by atoms with E-state index >= 15 is 0 Å². The molecule has 6 nitrogen and oxygen atoms in total. The van der Waals surface area contributed by atoms with Crippen LogP contribution in [-0.2, 0) is 6.54 Å². The molecule has 1 aliphatic rings. The summed E-state index contributed by atoms with van der Waals surface area (Å²) in [5, 5.41) is 13.5. The Balaban J connectivity index is 1.91. The summed E-state index contributed by atoms with van der Waals surface area (Å²) in [5.74, 6) is 0.0328. The van der Waals surface area contributed by atoms with Crippen LogP contribution in [0.3, 0.4) is 0 Å². The van der Waals surface area contributed by atoms with Crippen LogP contribution in [0.1, 0.15) is 18.4 Å². The highest BCUT2D eigenvalue weighted by molar-refractivity contribution is 5.91. The van der Waals surface area contributed by atoms with Crippen molar-refractivity contribution in [1.82, 2.24) is 15.5 Å². The molecule has 1 aromatic rings. The van der Waals surface area contributed by atoms with Crippen LogP contribution in [-0.4, -0.2) is 42.4 Å². The number of nitrogens with two attached hydrogens (primary N) is 1. The van der Waals surface area contributed by atoms with Gasteiger partial charge in [0.2, 0.25) is 0 Å². The number of carbonyl (C=O) groups excluding carboxylic acids is 1. The molecule has 2 amide bonds. The molecule has 1 aromatic carbocycles. The molecule has 1 saturated heterocycles. The normalized spacial score (nSPS) is 18.0. The number of amidine groups is 1. The van der Waals surface area contributed by atoms with Crippen LogP contribution in [0.2, 0.25) is 0 Å². The highest BCUT2D eigenvalue weighted by Crippen LogP contribution is 2.21. The van der Waals surface area contributed by atoms with Gasteiger partial charge in [-0.3, -0.25) is 5.41 Å². The first-order valence-electron chi connectivity index (χ1n) is 7.15. The molecule has 21 heavy (non-hydrogen) atoms. The summed E-state index contributed by atoms with van der Waals surface area (Å²) in [6.07, 6.45) is 1.33. The number of likely N-dealkylation sites (tertiary alicyclic amines) is 1. The zero-order chi connectivity index (χ0) is 15.3. The fraction of sp³-hybridized carbons (Fsp3) is 0.467. The number of benzene rings is 1. The number of piperidine rings is 1. The van der Waals surface area contributed by atoms with Crippen molar-refractivity contribution in [3.63, 3.8) is 0 Å². The molecule has 1 fully saturated rings. The third kappa shape index (κ3) is 3.95. The molecule has 0 radical (unpaired) electrons. The number of hydrogen-bond donors (Lipinski definition) is 4. The highest BCUT2D eigenvalue weighted by Gasteiger charge is 2.38. The van der Waals surface area contributed by atoms with Crippen LogP contribution in [0.25, 0.3) is 0 Å². The Kier molecular flexibility index (Phi) is 4.80. The van der Waals surface area contributed by atoms with Gasteiger partial charge in [-0.15, -0.1) is 0 Å². The van der Waals surface area contributed by atoms with Gasteiger partial charge >= 0.3 is 6.03 Å². The van der Waals surface area contributed by atoms with Gasteiger partial charge in [-0.2, -0.15) is 0 Å². The lowest BCUT2D eigenvalue weighted by molar-refractivity contribution is 0.192. The van der Waals surface area contributed by atoms with Crippen molar-refractivity contribution in [2.75, 3.05) is 20.1 Å². The molecular weight excluding hydrogens is 266 g/mol. The molecule has 6 heteroatoms. The van der Waals surface area contributed by atoms with E-state index in [2.05, 4.69) is 15.5 Å². The molecule has 0 saturated carbocycles. The summed E-state index contributed by atoms with van der Waals surface area (Å²) < 4.78 is 0. The molecule has 114 valence electrons. The van der Waals surface area contributed by atoms with Crippen molar-refractivity contribution in [3.8, 4) is 0 Å².